The highest BCUT2D eigenvalue weighted by molar-refractivity contribution is 5.42. The molecule has 1 aromatic rings. The highest BCUT2D eigenvalue weighted by atomic mass is 16.5. The van der Waals surface area contributed by atoms with Gasteiger partial charge in [-0.3, -0.25) is 0 Å². The van der Waals surface area contributed by atoms with Gasteiger partial charge in [-0.15, -0.1) is 0 Å². The van der Waals surface area contributed by atoms with Crippen molar-refractivity contribution in [2.24, 2.45) is 0 Å². The van der Waals surface area contributed by atoms with Gasteiger partial charge in [0.25, 0.3) is 0 Å². The van der Waals surface area contributed by atoms with Gasteiger partial charge in [0.2, 0.25) is 0 Å². The van der Waals surface area contributed by atoms with E-state index in [0.717, 1.165) is 18.5 Å². The Hall–Kier alpha value is -1.02. The minimum Gasteiger partial charge on any atom is -0.399 e. The van der Waals surface area contributed by atoms with Crippen LogP contribution in [0.2, 0.25) is 0 Å². The zero-order chi connectivity index (χ0) is 10.7. The lowest BCUT2D eigenvalue weighted by atomic mass is 9.79. The van der Waals surface area contributed by atoms with Crippen LogP contribution in [0.4, 0.5) is 5.69 Å². The lowest BCUT2D eigenvalue weighted by Crippen LogP contribution is -2.31. The molecular weight excluding hydrogens is 186 g/mol. The molecular formula is C13H19NO. The number of rotatable bonds is 2. The first-order valence-corrected chi connectivity index (χ1v) is 5.68. The van der Waals surface area contributed by atoms with Crippen LogP contribution in [0.1, 0.15) is 37.7 Å². The second kappa shape index (κ2) is 4.23. The van der Waals surface area contributed by atoms with E-state index in [1.165, 1.54) is 24.8 Å². The molecule has 0 atom stereocenters. The molecule has 2 N–H and O–H groups in total. The van der Waals surface area contributed by atoms with Gasteiger partial charge in [0.1, 0.15) is 0 Å². The summed E-state index contributed by atoms with van der Waals surface area (Å²) in [5.74, 6) is 0. The fourth-order valence-electron chi connectivity index (χ4n) is 2.56. The molecule has 2 nitrogen and oxygen atoms in total. The normalized spacial score (nSPS) is 20.1. The van der Waals surface area contributed by atoms with Crippen molar-refractivity contribution in [2.75, 3.05) is 12.8 Å². The van der Waals surface area contributed by atoms with Crippen LogP contribution < -0.4 is 5.73 Å². The van der Waals surface area contributed by atoms with Crippen molar-refractivity contribution in [1.82, 2.24) is 0 Å². The Morgan fingerprint density at radius 1 is 1.20 bits per heavy atom. The second-order valence-corrected chi connectivity index (χ2v) is 4.38. The third kappa shape index (κ3) is 2.00. The van der Waals surface area contributed by atoms with Gasteiger partial charge in [0, 0.05) is 12.8 Å². The van der Waals surface area contributed by atoms with E-state index in [0.29, 0.717) is 0 Å². The molecule has 0 spiro atoms. The van der Waals surface area contributed by atoms with E-state index in [4.69, 9.17) is 10.5 Å². The van der Waals surface area contributed by atoms with E-state index < -0.39 is 0 Å². The molecule has 82 valence electrons. The first kappa shape index (κ1) is 10.5. The Morgan fingerprint density at radius 2 is 1.93 bits per heavy atom. The minimum absolute atomic E-state index is 0.0758. The highest BCUT2D eigenvalue weighted by Gasteiger charge is 2.33. The summed E-state index contributed by atoms with van der Waals surface area (Å²) < 4.78 is 5.76. The van der Waals surface area contributed by atoms with Crippen molar-refractivity contribution in [2.45, 2.75) is 37.7 Å². The zero-order valence-electron chi connectivity index (χ0n) is 9.33. The summed E-state index contributed by atoms with van der Waals surface area (Å²) in [7, 11) is 1.81. The number of anilines is 1. The van der Waals surface area contributed by atoms with Crippen molar-refractivity contribution in [1.29, 1.82) is 0 Å². The van der Waals surface area contributed by atoms with E-state index in [1.54, 1.807) is 0 Å². The molecule has 1 saturated carbocycles. The predicted octanol–water partition coefficient (Wildman–Crippen LogP) is 3.07. The van der Waals surface area contributed by atoms with Crippen LogP contribution in [0.3, 0.4) is 0 Å². The zero-order valence-corrected chi connectivity index (χ0v) is 9.33. The Morgan fingerprint density at radius 3 is 2.53 bits per heavy atom. The van der Waals surface area contributed by atoms with Crippen LogP contribution in [0, 0.1) is 0 Å². The summed E-state index contributed by atoms with van der Waals surface area (Å²) in [5.41, 5.74) is 7.82. The third-order valence-corrected chi connectivity index (χ3v) is 3.46. The summed E-state index contributed by atoms with van der Waals surface area (Å²) in [6, 6.07) is 8.12. The number of nitrogens with two attached hydrogens (primary N) is 1. The molecule has 0 heterocycles. The first-order chi connectivity index (χ1) is 7.27. The summed E-state index contributed by atoms with van der Waals surface area (Å²) >= 11 is 0. The molecule has 0 saturated heterocycles. The lowest BCUT2D eigenvalue weighted by molar-refractivity contribution is -0.0444. The molecule has 0 unspecified atom stereocenters. The van der Waals surface area contributed by atoms with E-state index in [-0.39, 0.29) is 5.60 Å². The van der Waals surface area contributed by atoms with Crippen molar-refractivity contribution < 1.29 is 4.74 Å². The molecule has 1 aliphatic rings. The molecule has 1 aliphatic carbocycles. The van der Waals surface area contributed by atoms with Crippen molar-refractivity contribution in [3.63, 3.8) is 0 Å². The summed E-state index contributed by atoms with van der Waals surface area (Å²) in [5, 5.41) is 0. The number of hydrogen-bond donors (Lipinski definition) is 1. The van der Waals surface area contributed by atoms with Gasteiger partial charge in [-0.2, -0.15) is 0 Å². The van der Waals surface area contributed by atoms with Gasteiger partial charge in [0.15, 0.2) is 0 Å². The molecule has 2 rings (SSSR count). The Bertz CT molecular complexity index is 329. The van der Waals surface area contributed by atoms with E-state index in [2.05, 4.69) is 12.1 Å². The van der Waals surface area contributed by atoms with Gasteiger partial charge in [-0.25, -0.2) is 0 Å². The summed E-state index contributed by atoms with van der Waals surface area (Å²) in [6.45, 7) is 0. The molecule has 15 heavy (non-hydrogen) atoms. The van der Waals surface area contributed by atoms with E-state index in [9.17, 15) is 0 Å². The smallest absolute Gasteiger partial charge is 0.0928 e. The van der Waals surface area contributed by atoms with Gasteiger partial charge in [-0.05, 0) is 30.5 Å². The molecule has 0 aromatic heterocycles. The van der Waals surface area contributed by atoms with Crippen LogP contribution in [0.15, 0.2) is 24.3 Å². The average molecular weight is 205 g/mol. The Labute approximate surface area is 91.4 Å². The Kier molecular flexibility index (Phi) is 2.96. The van der Waals surface area contributed by atoms with Crippen LogP contribution in [0.25, 0.3) is 0 Å². The van der Waals surface area contributed by atoms with Crippen molar-refractivity contribution in [3.8, 4) is 0 Å². The Balaban J connectivity index is 2.32. The summed E-state index contributed by atoms with van der Waals surface area (Å²) in [6.07, 6.45) is 6.07. The molecule has 1 fully saturated rings. The molecule has 0 amide bonds. The molecule has 0 bridgehead atoms. The standard InChI is InChI=1S/C13H19NO/c1-15-13(8-3-2-4-9-13)11-6-5-7-12(14)10-11/h5-7,10H,2-4,8-9,14H2,1H3. The number of hydrogen-bond acceptors (Lipinski definition) is 2. The maximum atomic E-state index is 5.82. The SMILES string of the molecule is COC1(c2cccc(N)c2)CCCCC1. The van der Waals surface area contributed by atoms with E-state index >= 15 is 0 Å². The maximum absolute atomic E-state index is 5.82. The fourth-order valence-corrected chi connectivity index (χ4v) is 2.56. The molecule has 0 radical (unpaired) electrons. The predicted molar refractivity (Wildman–Crippen MR) is 62.6 cm³/mol. The van der Waals surface area contributed by atoms with Gasteiger partial charge in [0.05, 0.1) is 5.60 Å². The van der Waals surface area contributed by atoms with Gasteiger partial charge in [-0.1, -0.05) is 31.4 Å². The number of benzene rings is 1. The molecule has 0 aliphatic heterocycles. The number of ether oxygens (including phenoxy) is 1. The summed E-state index contributed by atoms with van der Waals surface area (Å²) in [4.78, 5) is 0. The average Bonchev–Trinajstić information content (AvgIpc) is 2.30. The molecule has 1 aromatic carbocycles. The highest BCUT2D eigenvalue weighted by Crippen LogP contribution is 2.40. The van der Waals surface area contributed by atoms with Gasteiger partial charge >= 0.3 is 0 Å². The monoisotopic (exact) mass is 205 g/mol. The van der Waals surface area contributed by atoms with Crippen LogP contribution in [-0.4, -0.2) is 7.11 Å². The lowest BCUT2D eigenvalue weighted by Gasteiger charge is -2.36. The van der Waals surface area contributed by atoms with E-state index in [1.807, 2.05) is 19.2 Å². The van der Waals surface area contributed by atoms with Crippen LogP contribution >= 0.6 is 0 Å². The number of methoxy groups -OCH3 is 1. The quantitative estimate of drug-likeness (QED) is 0.753. The van der Waals surface area contributed by atoms with Gasteiger partial charge < -0.3 is 10.5 Å². The van der Waals surface area contributed by atoms with Crippen LogP contribution in [-0.2, 0) is 10.3 Å². The maximum Gasteiger partial charge on any atom is 0.0928 e. The topological polar surface area (TPSA) is 35.2 Å². The minimum atomic E-state index is -0.0758. The largest absolute Gasteiger partial charge is 0.399 e. The fraction of sp³-hybridized carbons (Fsp3) is 0.538. The third-order valence-electron chi connectivity index (χ3n) is 3.46. The number of nitrogen functional groups attached to an aromatic ring is 1. The second-order valence-electron chi connectivity index (χ2n) is 4.38. The van der Waals surface area contributed by atoms with Crippen molar-refractivity contribution in [3.05, 3.63) is 29.8 Å². The first-order valence-electron chi connectivity index (χ1n) is 5.68. The van der Waals surface area contributed by atoms with Crippen LogP contribution in [0.5, 0.6) is 0 Å². The van der Waals surface area contributed by atoms with Crippen molar-refractivity contribution >= 4 is 5.69 Å². The molecule has 2 heteroatoms.